The SMILES string of the molecule is CC[C@@H](NC(=O)c1cccc(F)c1Cl)C(=O)O. The zero-order chi connectivity index (χ0) is 13.0. The summed E-state index contributed by atoms with van der Waals surface area (Å²) in [6.45, 7) is 1.62. The predicted molar refractivity (Wildman–Crippen MR) is 60.6 cm³/mol. The highest BCUT2D eigenvalue weighted by atomic mass is 35.5. The summed E-state index contributed by atoms with van der Waals surface area (Å²) in [5, 5.41) is 10.7. The molecule has 1 atom stereocenters. The third-order valence-electron chi connectivity index (χ3n) is 2.21. The number of hydrogen-bond donors (Lipinski definition) is 2. The molecule has 92 valence electrons. The van der Waals surface area contributed by atoms with Crippen LogP contribution in [0.3, 0.4) is 0 Å². The van der Waals surface area contributed by atoms with Crippen molar-refractivity contribution < 1.29 is 19.1 Å². The molecule has 2 N–H and O–H groups in total. The lowest BCUT2D eigenvalue weighted by Crippen LogP contribution is -2.40. The second-order valence-electron chi connectivity index (χ2n) is 3.37. The molecule has 0 aromatic heterocycles. The van der Waals surface area contributed by atoms with Crippen molar-refractivity contribution in [3.05, 3.63) is 34.6 Å². The van der Waals surface area contributed by atoms with Crippen molar-refractivity contribution in [2.45, 2.75) is 19.4 Å². The normalized spacial score (nSPS) is 11.9. The van der Waals surface area contributed by atoms with Crippen molar-refractivity contribution in [3.8, 4) is 0 Å². The van der Waals surface area contributed by atoms with Crippen LogP contribution in [0.25, 0.3) is 0 Å². The Morgan fingerprint density at radius 2 is 2.18 bits per heavy atom. The third kappa shape index (κ3) is 3.17. The van der Waals surface area contributed by atoms with Gasteiger partial charge in [-0.3, -0.25) is 4.79 Å². The number of carboxylic acid groups (broad SMARTS) is 1. The van der Waals surface area contributed by atoms with E-state index in [4.69, 9.17) is 16.7 Å². The highest BCUT2D eigenvalue weighted by Crippen LogP contribution is 2.19. The van der Waals surface area contributed by atoms with E-state index >= 15 is 0 Å². The van der Waals surface area contributed by atoms with E-state index in [-0.39, 0.29) is 17.0 Å². The van der Waals surface area contributed by atoms with Crippen molar-refractivity contribution in [1.82, 2.24) is 5.32 Å². The average molecular weight is 260 g/mol. The van der Waals surface area contributed by atoms with Crippen LogP contribution in [0.2, 0.25) is 5.02 Å². The second-order valence-corrected chi connectivity index (χ2v) is 3.75. The fraction of sp³-hybridized carbons (Fsp3) is 0.273. The molecule has 1 aromatic carbocycles. The van der Waals surface area contributed by atoms with Crippen LogP contribution >= 0.6 is 11.6 Å². The Hall–Kier alpha value is -1.62. The van der Waals surface area contributed by atoms with Gasteiger partial charge in [0.15, 0.2) is 0 Å². The van der Waals surface area contributed by atoms with Gasteiger partial charge < -0.3 is 10.4 Å². The quantitative estimate of drug-likeness (QED) is 0.870. The van der Waals surface area contributed by atoms with Gasteiger partial charge >= 0.3 is 5.97 Å². The first-order valence-electron chi connectivity index (χ1n) is 4.95. The van der Waals surface area contributed by atoms with Crippen molar-refractivity contribution >= 4 is 23.5 Å². The van der Waals surface area contributed by atoms with Gasteiger partial charge in [-0.15, -0.1) is 0 Å². The van der Waals surface area contributed by atoms with Crippen molar-refractivity contribution in [2.24, 2.45) is 0 Å². The number of benzene rings is 1. The van der Waals surface area contributed by atoms with Gasteiger partial charge in [-0.05, 0) is 18.6 Å². The topological polar surface area (TPSA) is 66.4 Å². The van der Waals surface area contributed by atoms with Gasteiger partial charge in [-0.25, -0.2) is 9.18 Å². The maximum Gasteiger partial charge on any atom is 0.326 e. The molecule has 1 aromatic rings. The van der Waals surface area contributed by atoms with Gasteiger partial charge in [0.05, 0.1) is 10.6 Å². The Morgan fingerprint density at radius 3 is 2.71 bits per heavy atom. The first-order chi connectivity index (χ1) is 7.97. The zero-order valence-corrected chi connectivity index (χ0v) is 9.79. The van der Waals surface area contributed by atoms with E-state index in [1.165, 1.54) is 12.1 Å². The molecule has 0 fully saturated rings. The summed E-state index contributed by atoms with van der Waals surface area (Å²) in [5.41, 5.74) is -0.0774. The number of carboxylic acids is 1. The zero-order valence-electron chi connectivity index (χ0n) is 9.04. The molecule has 0 aliphatic heterocycles. The molecular formula is C11H11ClFNO3. The summed E-state index contributed by atoms with van der Waals surface area (Å²) in [5.74, 6) is -2.57. The van der Waals surface area contributed by atoms with E-state index in [0.717, 1.165) is 6.07 Å². The smallest absolute Gasteiger partial charge is 0.326 e. The summed E-state index contributed by atoms with van der Waals surface area (Å²) in [6.07, 6.45) is 0.230. The number of nitrogens with one attached hydrogen (secondary N) is 1. The minimum absolute atomic E-state index is 0.0774. The van der Waals surface area contributed by atoms with E-state index in [1.54, 1.807) is 6.92 Å². The predicted octanol–water partition coefficient (Wildman–Crippen LogP) is 2.07. The van der Waals surface area contributed by atoms with Gasteiger partial charge in [-0.2, -0.15) is 0 Å². The van der Waals surface area contributed by atoms with Crippen LogP contribution in [0.15, 0.2) is 18.2 Å². The van der Waals surface area contributed by atoms with E-state index in [0.29, 0.717) is 0 Å². The molecule has 0 aliphatic rings. The van der Waals surface area contributed by atoms with Crippen LogP contribution in [-0.2, 0) is 4.79 Å². The Morgan fingerprint density at radius 1 is 1.53 bits per heavy atom. The Labute approximate surface area is 102 Å². The molecule has 1 rings (SSSR count). The summed E-state index contributed by atoms with van der Waals surface area (Å²) >= 11 is 5.61. The van der Waals surface area contributed by atoms with Crippen LogP contribution in [0.4, 0.5) is 4.39 Å². The monoisotopic (exact) mass is 259 g/mol. The van der Waals surface area contributed by atoms with Crippen LogP contribution in [0.1, 0.15) is 23.7 Å². The molecule has 0 saturated heterocycles. The summed E-state index contributed by atoms with van der Waals surface area (Å²) in [4.78, 5) is 22.4. The first kappa shape index (κ1) is 13.4. The first-order valence-corrected chi connectivity index (χ1v) is 5.32. The average Bonchev–Trinajstić information content (AvgIpc) is 2.28. The summed E-state index contributed by atoms with van der Waals surface area (Å²) in [6, 6.07) is 2.77. The molecular weight excluding hydrogens is 249 g/mol. The molecule has 17 heavy (non-hydrogen) atoms. The lowest BCUT2D eigenvalue weighted by Gasteiger charge is -2.12. The van der Waals surface area contributed by atoms with Gasteiger partial charge in [0, 0.05) is 0 Å². The number of carbonyl (C=O) groups excluding carboxylic acids is 1. The summed E-state index contributed by atoms with van der Waals surface area (Å²) < 4.78 is 13.1. The Balaban J connectivity index is 2.90. The van der Waals surface area contributed by atoms with Crippen LogP contribution < -0.4 is 5.32 Å². The highest BCUT2D eigenvalue weighted by Gasteiger charge is 2.20. The number of carbonyl (C=O) groups is 2. The number of halogens is 2. The second kappa shape index (κ2) is 5.63. The molecule has 0 bridgehead atoms. The van der Waals surface area contributed by atoms with Gasteiger partial charge in [0.25, 0.3) is 5.91 Å². The van der Waals surface area contributed by atoms with Crippen LogP contribution in [0.5, 0.6) is 0 Å². The third-order valence-corrected chi connectivity index (χ3v) is 2.59. The van der Waals surface area contributed by atoms with Gasteiger partial charge in [0.2, 0.25) is 0 Å². The molecule has 1 amide bonds. The van der Waals surface area contributed by atoms with E-state index in [1.807, 2.05) is 0 Å². The number of amides is 1. The molecule has 0 unspecified atom stereocenters. The largest absolute Gasteiger partial charge is 0.480 e. The van der Waals surface area contributed by atoms with E-state index < -0.39 is 23.7 Å². The number of hydrogen-bond acceptors (Lipinski definition) is 2. The summed E-state index contributed by atoms with van der Waals surface area (Å²) in [7, 11) is 0. The lowest BCUT2D eigenvalue weighted by atomic mass is 10.1. The lowest BCUT2D eigenvalue weighted by molar-refractivity contribution is -0.139. The minimum atomic E-state index is -1.15. The fourth-order valence-electron chi connectivity index (χ4n) is 1.25. The maximum absolute atomic E-state index is 13.1. The fourth-order valence-corrected chi connectivity index (χ4v) is 1.47. The molecule has 0 spiro atoms. The Bertz CT molecular complexity index is 450. The number of aliphatic carboxylic acids is 1. The van der Waals surface area contributed by atoms with Crippen molar-refractivity contribution in [3.63, 3.8) is 0 Å². The molecule has 6 heteroatoms. The van der Waals surface area contributed by atoms with E-state index in [9.17, 15) is 14.0 Å². The maximum atomic E-state index is 13.1. The minimum Gasteiger partial charge on any atom is -0.480 e. The van der Waals surface area contributed by atoms with Gasteiger partial charge in [-0.1, -0.05) is 24.6 Å². The standard InChI is InChI=1S/C11H11ClFNO3/c1-2-8(11(16)17)14-10(15)6-4-3-5-7(13)9(6)12/h3-5,8H,2H2,1H3,(H,14,15)(H,16,17)/t8-/m1/s1. The Kier molecular flexibility index (Phi) is 4.45. The molecule has 0 aliphatic carbocycles. The number of rotatable bonds is 4. The van der Waals surface area contributed by atoms with E-state index in [2.05, 4.69) is 5.32 Å². The molecule has 0 saturated carbocycles. The van der Waals surface area contributed by atoms with Crippen LogP contribution in [0, 0.1) is 5.82 Å². The molecule has 4 nitrogen and oxygen atoms in total. The van der Waals surface area contributed by atoms with Gasteiger partial charge in [0.1, 0.15) is 11.9 Å². The van der Waals surface area contributed by atoms with Crippen molar-refractivity contribution in [2.75, 3.05) is 0 Å². The van der Waals surface area contributed by atoms with Crippen LogP contribution in [-0.4, -0.2) is 23.0 Å². The highest BCUT2D eigenvalue weighted by molar-refractivity contribution is 6.34. The molecule has 0 radical (unpaired) electrons. The van der Waals surface area contributed by atoms with Crippen molar-refractivity contribution in [1.29, 1.82) is 0 Å². The molecule has 0 heterocycles.